The van der Waals surface area contributed by atoms with Gasteiger partial charge in [0.2, 0.25) is 12.7 Å². The number of carbonyl (C=O) groups excluding carboxylic acids is 1. The zero-order valence-corrected chi connectivity index (χ0v) is 18.7. The third-order valence-electron chi connectivity index (χ3n) is 5.97. The molecule has 1 aromatic heterocycles. The second kappa shape index (κ2) is 8.72. The van der Waals surface area contributed by atoms with Crippen LogP contribution in [0.25, 0.3) is 0 Å². The predicted octanol–water partition coefficient (Wildman–Crippen LogP) is 0.909. The fourth-order valence-corrected chi connectivity index (χ4v) is 4.48. The van der Waals surface area contributed by atoms with E-state index in [-0.39, 0.29) is 69.1 Å². The molecule has 13 nitrogen and oxygen atoms in total. The summed E-state index contributed by atoms with van der Waals surface area (Å²) in [5.41, 5.74) is -0.665. The smallest absolute Gasteiger partial charge is 0.341 e. The van der Waals surface area contributed by atoms with Crippen LogP contribution in [-0.4, -0.2) is 75.4 Å². The zero-order valence-electron chi connectivity index (χ0n) is 18.7. The second-order valence-electron chi connectivity index (χ2n) is 9.27. The molecule has 0 aliphatic carbocycles. The summed E-state index contributed by atoms with van der Waals surface area (Å²) in [5.74, 6) is 0.506. The molecule has 34 heavy (non-hydrogen) atoms. The van der Waals surface area contributed by atoms with E-state index in [1.165, 1.54) is 4.68 Å². The van der Waals surface area contributed by atoms with Crippen molar-refractivity contribution >= 4 is 11.9 Å². The highest BCUT2D eigenvalue weighted by Crippen LogP contribution is 2.38. The molecule has 2 fully saturated rings. The first-order valence-electron chi connectivity index (χ1n) is 10.9. The van der Waals surface area contributed by atoms with Crippen LogP contribution in [-0.2, 0) is 19.1 Å². The van der Waals surface area contributed by atoms with Gasteiger partial charge >= 0.3 is 12.0 Å². The van der Waals surface area contributed by atoms with Crippen molar-refractivity contribution in [1.29, 1.82) is 0 Å². The first kappa shape index (κ1) is 22.3. The Kier molecular flexibility index (Phi) is 5.73. The highest BCUT2D eigenvalue weighted by Gasteiger charge is 2.50. The number of ether oxygens (including phenoxy) is 5. The van der Waals surface area contributed by atoms with E-state index in [2.05, 4.69) is 20.8 Å². The SMILES string of the molecule is CC(C)(CC(=O)O)CC(=O)NC1COC2C1OCC2n1nnnc1Oc1ccc2c(c1)OCO2. The first-order chi connectivity index (χ1) is 16.3. The van der Waals surface area contributed by atoms with E-state index >= 15 is 0 Å². The van der Waals surface area contributed by atoms with Crippen molar-refractivity contribution in [2.24, 2.45) is 5.41 Å². The Morgan fingerprint density at radius 1 is 1.18 bits per heavy atom. The summed E-state index contributed by atoms with van der Waals surface area (Å²) in [5, 5.41) is 23.7. The third-order valence-corrected chi connectivity index (χ3v) is 5.97. The van der Waals surface area contributed by atoms with Crippen LogP contribution < -0.4 is 19.5 Å². The maximum atomic E-state index is 12.5. The fourth-order valence-electron chi connectivity index (χ4n) is 4.48. The van der Waals surface area contributed by atoms with Gasteiger partial charge < -0.3 is 34.1 Å². The quantitative estimate of drug-likeness (QED) is 0.559. The van der Waals surface area contributed by atoms with Crippen LogP contribution in [0, 0.1) is 5.41 Å². The number of carbonyl (C=O) groups is 2. The summed E-state index contributed by atoms with van der Waals surface area (Å²) < 4.78 is 30.0. The Bertz CT molecular complexity index is 1090. The molecule has 4 unspecified atom stereocenters. The number of carboxylic acid groups (broad SMARTS) is 1. The number of aliphatic carboxylic acids is 1. The lowest BCUT2D eigenvalue weighted by atomic mass is 9.85. The topological polar surface area (TPSA) is 156 Å². The van der Waals surface area contributed by atoms with Gasteiger partial charge in [-0.15, -0.1) is 0 Å². The Morgan fingerprint density at radius 2 is 1.97 bits per heavy atom. The molecule has 182 valence electrons. The number of tetrazole rings is 1. The molecule has 13 heteroatoms. The number of hydrogen-bond acceptors (Lipinski definition) is 10. The molecule has 5 rings (SSSR count). The molecule has 2 saturated heterocycles. The summed E-state index contributed by atoms with van der Waals surface area (Å²) in [7, 11) is 0. The summed E-state index contributed by atoms with van der Waals surface area (Å²) in [6, 6.07) is 4.61. The molecule has 3 aliphatic heterocycles. The van der Waals surface area contributed by atoms with E-state index in [0.717, 1.165) is 0 Å². The maximum Gasteiger partial charge on any atom is 0.341 e. The molecular weight excluding hydrogens is 450 g/mol. The average Bonchev–Trinajstić information content (AvgIpc) is 3.51. The Morgan fingerprint density at radius 3 is 2.79 bits per heavy atom. The zero-order chi connectivity index (χ0) is 23.9. The number of hydrogen-bond donors (Lipinski definition) is 2. The van der Waals surface area contributed by atoms with Crippen molar-refractivity contribution in [3.8, 4) is 23.3 Å². The molecule has 1 amide bonds. The monoisotopic (exact) mass is 475 g/mol. The summed E-state index contributed by atoms with van der Waals surface area (Å²) >= 11 is 0. The molecule has 0 saturated carbocycles. The van der Waals surface area contributed by atoms with Crippen LogP contribution in [0.5, 0.6) is 23.3 Å². The highest BCUT2D eigenvalue weighted by molar-refractivity contribution is 5.78. The number of fused-ring (bicyclic) bond motifs is 2. The summed E-state index contributed by atoms with van der Waals surface area (Å²) in [6.07, 6.45) is -0.798. The van der Waals surface area contributed by atoms with Gasteiger partial charge in [-0.25, -0.2) is 0 Å². The van der Waals surface area contributed by atoms with E-state index in [0.29, 0.717) is 17.2 Å². The number of benzene rings is 1. The molecular formula is C21H25N5O8. The third kappa shape index (κ3) is 4.48. The Hall–Kier alpha value is -3.45. The second-order valence-corrected chi connectivity index (χ2v) is 9.27. The van der Waals surface area contributed by atoms with E-state index in [1.54, 1.807) is 32.0 Å². The number of nitrogens with zero attached hydrogens (tertiary/aromatic N) is 4. The van der Waals surface area contributed by atoms with Crippen LogP contribution in [0.2, 0.25) is 0 Å². The number of rotatable bonds is 8. The van der Waals surface area contributed by atoms with Gasteiger partial charge in [-0.3, -0.25) is 9.59 Å². The maximum absolute atomic E-state index is 12.5. The number of carboxylic acids is 1. The largest absolute Gasteiger partial charge is 0.481 e. The molecule has 1 aromatic carbocycles. The lowest BCUT2D eigenvalue weighted by Crippen LogP contribution is -2.45. The lowest BCUT2D eigenvalue weighted by molar-refractivity contribution is -0.139. The van der Waals surface area contributed by atoms with Gasteiger partial charge in [-0.2, -0.15) is 4.68 Å². The average molecular weight is 475 g/mol. The van der Waals surface area contributed by atoms with E-state index in [4.69, 9.17) is 28.8 Å². The van der Waals surface area contributed by atoms with E-state index < -0.39 is 11.4 Å². The van der Waals surface area contributed by atoms with Crippen LogP contribution in [0.1, 0.15) is 32.7 Å². The van der Waals surface area contributed by atoms with Crippen LogP contribution >= 0.6 is 0 Å². The van der Waals surface area contributed by atoms with Crippen molar-refractivity contribution < 1.29 is 38.4 Å². The molecule has 3 aliphatic rings. The summed E-state index contributed by atoms with van der Waals surface area (Å²) in [6.45, 7) is 4.18. The standard InChI is InChI=1S/C21H25N5O8/c1-21(2,7-17(28)29)6-16(27)22-12-8-30-19-13(9-31-18(12)19)26-20(23-24-25-26)34-11-3-4-14-15(5-11)33-10-32-14/h3-5,12-13,18-19H,6-10H2,1-2H3,(H,22,27)(H,28,29). The lowest BCUT2D eigenvalue weighted by Gasteiger charge is -2.24. The van der Waals surface area contributed by atoms with Gasteiger partial charge in [-0.1, -0.05) is 18.9 Å². The molecule has 0 bridgehead atoms. The van der Waals surface area contributed by atoms with Crippen LogP contribution in [0.4, 0.5) is 0 Å². The Labute approximate surface area is 194 Å². The molecule has 4 atom stereocenters. The van der Waals surface area contributed by atoms with Crippen molar-refractivity contribution in [3.05, 3.63) is 18.2 Å². The summed E-state index contributed by atoms with van der Waals surface area (Å²) in [4.78, 5) is 23.6. The molecule has 4 heterocycles. The molecule has 0 spiro atoms. The molecule has 2 N–H and O–H groups in total. The predicted molar refractivity (Wildman–Crippen MR) is 112 cm³/mol. The number of amides is 1. The van der Waals surface area contributed by atoms with Crippen molar-refractivity contribution in [2.75, 3.05) is 20.0 Å². The van der Waals surface area contributed by atoms with Crippen LogP contribution in [0.15, 0.2) is 18.2 Å². The van der Waals surface area contributed by atoms with Gasteiger partial charge in [0.1, 0.15) is 24.0 Å². The van der Waals surface area contributed by atoms with Gasteiger partial charge in [-0.05, 0) is 28.0 Å². The highest BCUT2D eigenvalue weighted by atomic mass is 16.7. The Balaban J connectivity index is 1.23. The van der Waals surface area contributed by atoms with Gasteiger partial charge in [0.15, 0.2) is 11.5 Å². The number of nitrogens with one attached hydrogen (secondary N) is 1. The normalized spacial score (nSPS) is 25.2. The minimum absolute atomic E-state index is 0.0805. The van der Waals surface area contributed by atoms with Gasteiger partial charge in [0.05, 0.1) is 25.7 Å². The minimum Gasteiger partial charge on any atom is -0.481 e. The van der Waals surface area contributed by atoms with Crippen molar-refractivity contribution in [2.45, 2.75) is 51.0 Å². The molecule has 0 radical (unpaired) electrons. The van der Waals surface area contributed by atoms with Gasteiger partial charge in [0.25, 0.3) is 0 Å². The fraction of sp³-hybridized carbons (Fsp3) is 0.571. The van der Waals surface area contributed by atoms with Crippen LogP contribution in [0.3, 0.4) is 0 Å². The van der Waals surface area contributed by atoms with Gasteiger partial charge in [0, 0.05) is 12.5 Å². The molecule has 2 aromatic rings. The van der Waals surface area contributed by atoms with Crippen molar-refractivity contribution in [3.63, 3.8) is 0 Å². The number of aromatic nitrogens is 4. The minimum atomic E-state index is -0.941. The van der Waals surface area contributed by atoms with E-state index in [1.807, 2.05) is 0 Å². The van der Waals surface area contributed by atoms with Crippen molar-refractivity contribution in [1.82, 2.24) is 25.5 Å². The first-order valence-corrected chi connectivity index (χ1v) is 10.9. The van der Waals surface area contributed by atoms with E-state index in [9.17, 15) is 9.59 Å².